The van der Waals surface area contributed by atoms with E-state index in [2.05, 4.69) is 26.8 Å². The van der Waals surface area contributed by atoms with E-state index >= 15 is 0 Å². The summed E-state index contributed by atoms with van der Waals surface area (Å²) in [5.41, 5.74) is 2.46. The number of amides is 1. The molecule has 1 heterocycles. The molecule has 0 unspecified atom stereocenters. The van der Waals surface area contributed by atoms with Gasteiger partial charge in [-0.15, -0.1) is 0 Å². The second-order valence-corrected chi connectivity index (χ2v) is 4.93. The predicted molar refractivity (Wildman–Crippen MR) is 67.1 cm³/mol. The molecular weight excluding hydrogens is 198 g/mol. The van der Waals surface area contributed by atoms with Crippen molar-refractivity contribution in [3.05, 3.63) is 35.4 Å². The summed E-state index contributed by atoms with van der Waals surface area (Å²) in [6, 6.07) is 8.11. The smallest absolute Gasteiger partial charge is 0.227 e. The fourth-order valence-electron chi connectivity index (χ4n) is 1.53. The maximum Gasteiger partial charge on any atom is 0.227 e. The Balaban J connectivity index is 0.000000280. The van der Waals surface area contributed by atoms with Crippen LogP contribution >= 0.6 is 0 Å². The van der Waals surface area contributed by atoms with E-state index in [1.807, 2.05) is 25.2 Å². The number of benzene rings is 1. The summed E-state index contributed by atoms with van der Waals surface area (Å²) in [4.78, 5) is 13.0. The van der Waals surface area contributed by atoms with Crippen molar-refractivity contribution in [2.45, 2.75) is 33.7 Å². The lowest BCUT2D eigenvalue weighted by atomic mass is 10.00. The third kappa shape index (κ3) is 3.69. The monoisotopic (exact) mass is 219 g/mol. The Labute approximate surface area is 98.3 Å². The lowest BCUT2D eigenvalue weighted by molar-refractivity contribution is -0.130. The largest absolute Gasteiger partial charge is 0.341 e. The molecule has 1 aliphatic rings. The molecule has 1 aromatic carbocycles. The zero-order chi connectivity index (χ0) is 12.1. The summed E-state index contributed by atoms with van der Waals surface area (Å²) in [5.74, 6) is 1.05. The minimum absolute atomic E-state index is 0.216. The minimum atomic E-state index is 0.216. The van der Waals surface area contributed by atoms with Gasteiger partial charge in [-0.25, -0.2) is 0 Å². The van der Waals surface area contributed by atoms with Gasteiger partial charge in [-0.1, -0.05) is 45.0 Å². The first kappa shape index (κ1) is 12.8. The first-order valence-electron chi connectivity index (χ1n) is 5.81. The maximum absolute atomic E-state index is 11.3. The second kappa shape index (κ2) is 5.69. The molecule has 2 rings (SSSR count). The van der Waals surface area contributed by atoms with Gasteiger partial charge < -0.3 is 4.90 Å². The van der Waals surface area contributed by atoms with E-state index in [9.17, 15) is 4.79 Å². The van der Waals surface area contributed by atoms with Crippen LogP contribution in [0, 0.1) is 5.92 Å². The van der Waals surface area contributed by atoms with Gasteiger partial charge in [-0.05, 0) is 17.0 Å². The van der Waals surface area contributed by atoms with Crippen LogP contribution in [0.25, 0.3) is 0 Å². The molecule has 0 aromatic heterocycles. The number of fused-ring (bicyclic) bond motifs is 1. The Morgan fingerprint density at radius 3 is 2.19 bits per heavy atom. The fraction of sp³-hybridized carbons (Fsp3) is 0.500. The quantitative estimate of drug-likeness (QED) is 0.657. The second-order valence-electron chi connectivity index (χ2n) is 4.93. The summed E-state index contributed by atoms with van der Waals surface area (Å²) < 4.78 is 0. The Morgan fingerprint density at radius 2 is 1.62 bits per heavy atom. The number of carbonyl (C=O) groups excluding carboxylic acids is 1. The fourth-order valence-corrected chi connectivity index (χ4v) is 1.53. The van der Waals surface area contributed by atoms with Crippen LogP contribution in [0.15, 0.2) is 24.3 Å². The molecule has 0 fully saturated rings. The molecule has 0 radical (unpaired) electrons. The highest BCUT2D eigenvalue weighted by atomic mass is 16.2. The van der Waals surface area contributed by atoms with Gasteiger partial charge >= 0.3 is 0 Å². The summed E-state index contributed by atoms with van der Waals surface area (Å²) in [5, 5.41) is 0. The molecule has 0 atom stereocenters. The minimum Gasteiger partial charge on any atom is -0.341 e. The molecule has 88 valence electrons. The molecule has 0 saturated carbocycles. The third-order valence-electron chi connectivity index (χ3n) is 2.29. The van der Waals surface area contributed by atoms with E-state index in [0.29, 0.717) is 6.42 Å². The highest BCUT2D eigenvalue weighted by Crippen LogP contribution is 2.17. The number of rotatable bonds is 0. The number of carbonyl (C=O) groups is 1. The first-order chi connectivity index (χ1) is 7.50. The van der Waals surface area contributed by atoms with Crippen LogP contribution < -0.4 is 0 Å². The number of hydrogen-bond donors (Lipinski definition) is 0. The molecule has 16 heavy (non-hydrogen) atoms. The standard InChI is InChI=1S/C10H11NO.C4H10/c1-11-7-9-5-3-2-4-8(9)6-10(11)12;1-4(2)3/h2-5H,6-7H2,1H3;4H,1-3H3. The van der Waals surface area contributed by atoms with E-state index in [4.69, 9.17) is 0 Å². The zero-order valence-electron chi connectivity index (χ0n) is 10.7. The lowest BCUT2D eigenvalue weighted by Crippen LogP contribution is -2.32. The van der Waals surface area contributed by atoms with E-state index < -0.39 is 0 Å². The lowest BCUT2D eigenvalue weighted by Gasteiger charge is -2.24. The van der Waals surface area contributed by atoms with Gasteiger partial charge in [-0.2, -0.15) is 0 Å². The van der Waals surface area contributed by atoms with Crippen molar-refractivity contribution in [1.82, 2.24) is 4.90 Å². The zero-order valence-corrected chi connectivity index (χ0v) is 10.7. The molecule has 1 aliphatic heterocycles. The van der Waals surface area contributed by atoms with E-state index in [0.717, 1.165) is 12.5 Å². The Bertz CT molecular complexity index is 355. The number of hydrogen-bond acceptors (Lipinski definition) is 1. The van der Waals surface area contributed by atoms with Crippen LogP contribution in [-0.2, 0) is 17.8 Å². The molecule has 2 nitrogen and oxygen atoms in total. The Kier molecular flexibility index (Phi) is 4.53. The van der Waals surface area contributed by atoms with Gasteiger partial charge in [0.05, 0.1) is 6.42 Å². The predicted octanol–water partition coefficient (Wildman–Crippen LogP) is 2.86. The molecule has 1 amide bonds. The summed E-state index contributed by atoms with van der Waals surface area (Å²) in [6.07, 6.45) is 0.562. The van der Waals surface area contributed by atoms with Crippen molar-refractivity contribution in [2.24, 2.45) is 5.92 Å². The van der Waals surface area contributed by atoms with Crippen molar-refractivity contribution in [2.75, 3.05) is 7.05 Å². The number of likely N-dealkylation sites (N-methyl/N-ethyl adjacent to an activating group) is 1. The SMILES string of the molecule is CC(C)C.CN1Cc2ccccc2CC1=O. The molecule has 0 saturated heterocycles. The van der Waals surface area contributed by atoms with Gasteiger partial charge in [0.15, 0.2) is 0 Å². The van der Waals surface area contributed by atoms with Crippen molar-refractivity contribution in [1.29, 1.82) is 0 Å². The molecule has 0 N–H and O–H groups in total. The third-order valence-corrected chi connectivity index (χ3v) is 2.29. The van der Waals surface area contributed by atoms with Gasteiger partial charge in [0.2, 0.25) is 5.91 Å². The first-order valence-corrected chi connectivity index (χ1v) is 5.81. The van der Waals surface area contributed by atoms with Crippen LogP contribution in [0.2, 0.25) is 0 Å². The van der Waals surface area contributed by atoms with Crippen LogP contribution in [-0.4, -0.2) is 17.9 Å². The van der Waals surface area contributed by atoms with Crippen molar-refractivity contribution < 1.29 is 4.79 Å². The average Bonchev–Trinajstić information content (AvgIpc) is 2.19. The Morgan fingerprint density at radius 1 is 1.12 bits per heavy atom. The van der Waals surface area contributed by atoms with Gasteiger partial charge in [-0.3, -0.25) is 4.79 Å². The van der Waals surface area contributed by atoms with Gasteiger partial charge in [0.1, 0.15) is 0 Å². The molecular formula is C14H21NO. The van der Waals surface area contributed by atoms with Crippen LogP contribution in [0.4, 0.5) is 0 Å². The van der Waals surface area contributed by atoms with Crippen LogP contribution in [0.5, 0.6) is 0 Å². The highest BCUT2D eigenvalue weighted by molar-refractivity contribution is 5.80. The number of nitrogens with zero attached hydrogens (tertiary/aromatic N) is 1. The van der Waals surface area contributed by atoms with Crippen LogP contribution in [0.3, 0.4) is 0 Å². The van der Waals surface area contributed by atoms with E-state index in [-0.39, 0.29) is 5.91 Å². The van der Waals surface area contributed by atoms with Crippen molar-refractivity contribution in [3.8, 4) is 0 Å². The summed E-state index contributed by atoms with van der Waals surface area (Å²) in [6.45, 7) is 7.26. The normalized spacial score (nSPS) is 14.3. The maximum atomic E-state index is 11.3. The topological polar surface area (TPSA) is 20.3 Å². The van der Waals surface area contributed by atoms with Gasteiger partial charge in [0, 0.05) is 13.6 Å². The summed E-state index contributed by atoms with van der Waals surface area (Å²) in [7, 11) is 1.85. The van der Waals surface area contributed by atoms with E-state index in [1.165, 1.54) is 11.1 Å². The van der Waals surface area contributed by atoms with Crippen LogP contribution in [0.1, 0.15) is 31.9 Å². The summed E-state index contributed by atoms with van der Waals surface area (Å²) >= 11 is 0. The molecule has 0 aliphatic carbocycles. The van der Waals surface area contributed by atoms with Crippen molar-refractivity contribution >= 4 is 5.91 Å². The molecule has 0 bridgehead atoms. The molecule has 1 aromatic rings. The molecule has 2 heteroatoms. The highest BCUT2D eigenvalue weighted by Gasteiger charge is 2.18. The van der Waals surface area contributed by atoms with Crippen molar-refractivity contribution in [3.63, 3.8) is 0 Å². The van der Waals surface area contributed by atoms with E-state index in [1.54, 1.807) is 4.90 Å². The average molecular weight is 219 g/mol. The van der Waals surface area contributed by atoms with Gasteiger partial charge in [0.25, 0.3) is 0 Å². The molecule has 0 spiro atoms. The Hall–Kier alpha value is -1.31.